The van der Waals surface area contributed by atoms with Crippen molar-refractivity contribution in [3.8, 4) is 0 Å². The number of nitrogens with zero attached hydrogens (tertiary/aromatic N) is 1. The first-order chi connectivity index (χ1) is 23.9. The van der Waals surface area contributed by atoms with Crippen LogP contribution in [0.1, 0.15) is 76.3 Å². The Kier molecular flexibility index (Phi) is 9.18. The number of likely N-dealkylation sites (tertiary alicyclic amines) is 1. The van der Waals surface area contributed by atoms with Gasteiger partial charge in [-0.1, -0.05) is 50.3 Å². The van der Waals surface area contributed by atoms with Gasteiger partial charge in [0, 0.05) is 18.6 Å². The van der Waals surface area contributed by atoms with E-state index in [9.17, 15) is 24.0 Å². The van der Waals surface area contributed by atoms with Crippen LogP contribution in [0.3, 0.4) is 0 Å². The lowest BCUT2D eigenvalue weighted by molar-refractivity contribution is -0.144. The van der Waals surface area contributed by atoms with Crippen LogP contribution in [0, 0.1) is 40.9 Å². The molecule has 1 unspecified atom stereocenters. The van der Waals surface area contributed by atoms with Gasteiger partial charge in [0.1, 0.15) is 12.1 Å². The van der Waals surface area contributed by atoms with Gasteiger partial charge in [0.05, 0.1) is 6.04 Å². The van der Waals surface area contributed by atoms with Crippen LogP contribution in [-0.4, -0.2) is 71.2 Å². The number of ketones is 1. The lowest BCUT2D eigenvalue weighted by Gasteiger charge is -2.56. The molecular weight excluding hydrogens is 630 g/mol. The van der Waals surface area contributed by atoms with Crippen molar-refractivity contribution in [2.24, 2.45) is 40.9 Å². The van der Waals surface area contributed by atoms with Gasteiger partial charge in [-0.05, 0) is 116 Å². The fourth-order valence-corrected chi connectivity index (χ4v) is 11.1. The Hall–Kier alpha value is -3.95. The van der Waals surface area contributed by atoms with Gasteiger partial charge < -0.3 is 26.2 Å². The van der Waals surface area contributed by atoms with Gasteiger partial charge in [0.2, 0.25) is 17.6 Å². The maximum Gasteiger partial charge on any atom is 0.315 e. The van der Waals surface area contributed by atoms with Crippen LogP contribution < -0.4 is 21.3 Å². The summed E-state index contributed by atoms with van der Waals surface area (Å²) < 4.78 is 0. The van der Waals surface area contributed by atoms with Crippen LogP contribution in [-0.2, 0) is 32.0 Å². The summed E-state index contributed by atoms with van der Waals surface area (Å²) in [5.41, 5.74) is 1.98. The molecule has 268 valence electrons. The SMILES string of the molecule is C=CCCC(NC(=O)[C@@H]1[C@H]2[C@@H](CN1C(=O)[C@@H](NC(=O)NC13CC4CC(CC(C4)C1)C3)C1Cc3ccccc3C1)C2(C)C)C(=O)C(=O)NCC=C. The molecule has 1 heterocycles. The van der Waals surface area contributed by atoms with E-state index in [0.29, 0.717) is 43.6 Å². The monoisotopic (exact) mass is 683 g/mol. The number of carbonyl (C=O) groups is 5. The van der Waals surface area contributed by atoms with Gasteiger partial charge in [0.25, 0.3) is 5.91 Å². The molecule has 8 rings (SSSR count). The summed E-state index contributed by atoms with van der Waals surface area (Å²) in [5, 5.41) is 12.0. The second kappa shape index (κ2) is 13.3. The van der Waals surface area contributed by atoms with Crippen molar-refractivity contribution in [3.63, 3.8) is 0 Å². The van der Waals surface area contributed by atoms with E-state index in [1.165, 1.54) is 36.5 Å². The van der Waals surface area contributed by atoms with E-state index in [2.05, 4.69) is 60.4 Å². The maximum atomic E-state index is 14.8. The van der Waals surface area contributed by atoms with Crippen molar-refractivity contribution in [1.82, 2.24) is 26.2 Å². The summed E-state index contributed by atoms with van der Waals surface area (Å²) in [5.74, 6) is -0.390. The maximum absolute atomic E-state index is 14.8. The predicted octanol–water partition coefficient (Wildman–Crippen LogP) is 3.84. The van der Waals surface area contributed by atoms with Crippen molar-refractivity contribution in [1.29, 1.82) is 0 Å². The highest BCUT2D eigenvalue weighted by Gasteiger charge is 2.70. The molecule has 0 aromatic heterocycles. The average Bonchev–Trinajstić information content (AvgIpc) is 3.42. The lowest BCUT2D eigenvalue weighted by Crippen LogP contribution is -2.64. The topological polar surface area (TPSA) is 137 Å². The Morgan fingerprint density at radius 2 is 1.54 bits per heavy atom. The van der Waals surface area contributed by atoms with Crippen molar-refractivity contribution in [2.75, 3.05) is 13.1 Å². The van der Waals surface area contributed by atoms with E-state index in [1.807, 2.05) is 12.1 Å². The molecule has 1 aliphatic heterocycles. The van der Waals surface area contributed by atoms with Crippen LogP contribution in [0.5, 0.6) is 0 Å². The van der Waals surface area contributed by atoms with E-state index < -0.39 is 35.7 Å². The molecule has 5 atom stereocenters. The number of fused-ring (bicyclic) bond motifs is 2. The summed E-state index contributed by atoms with van der Waals surface area (Å²) >= 11 is 0. The standard InChI is InChI=1S/C40H53N5O5/c1-5-7-12-30(34(46)36(48)41-13-6-2)42-35(47)33-31-29(39(31,3)4)22-45(33)37(49)32(28-17-26-10-8-9-11-27(26)18-28)43-38(50)44-40-19-23-14-24(20-40)16-25(15-23)21-40/h5-6,8-11,23-25,28-33H,1-2,7,12-22H2,3-4H3,(H,41,48)(H,42,47)(H2,43,44,50)/t23?,24?,25?,29-,30?,31-,32+,33+,40?/m1/s1. The van der Waals surface area contributed by atoms with Crippen molar-refractivity contribution < 1.29 is 24.0 Å². The molecule has 7 aliphatic rings. The normalized spacial score (nSPS) is 32.2. The second-order valence-corrected chi connectivity index (χ2v) is 16.9. The summed E-state index contributed by atoms with van der Waals surface area (Å²) in [7, 11) is 0. The van der Waals surface area contributed by atoms with Gasteiger partial charge in [0.15, 0.2) is 0 Å². The molecule has 6 fully saturated rings. The molecule has 4 bridgehead atoms. The fraction of sp³-hybridized carbons (Fsp3) is 0.625. The first-order valence-corrected chi connectivity index (χ1v) is 18.7. The molecular formula is C40H53N5O5. The lowest BCUT2D eigenvalue weighted by atomic mass is 9.53. The molecule has 0 spiro atoms. The van der Waals surface area contributed by atoms with Gasteiger partial charge >= 0.3 is 6.03 Å². The van der Waals surface area contributed by atoms with Gasteiger partial charge in [-0.15, -0.1) is 13.2 Å². The van der Waals surface area contributed by atoms with Crippen LogP contribution in [0.2, 0.25) is 0 Å². The zero-order valence-corrected chi connectivity index (χ0v) is 29.5. The van der Waals surface area contributed by atoms with E-state index in [1.54, 1.807) is 11.0 Å². The molecule has 6 aliphatic carbocycles. The molecule has 5 saturated carbocycles. The van der Waals surface area contributed by atoms with E-state index in [4.69, 9.17) is 0 Å². The molecule has 0 radical (unpaired) electrons. The first-order valence-electron chi connectivity index (χ1n) is 18.7. The Morgan fingerprint density at radius 3 is 2.12 bits per heavy atom. The molecule has 10 heteroatoms. The summed E-state index contributed by atoms with van der Waals surface area (Å²) in [6, 6.07) is 5.17. The quantitative estimate of drug-likeness (QED) is 0.185. The first kappa shape index (κ1) is 34.5. The van der Waals surface area contributed by atoms with Gasteiger partial charge in [-0.25, -0.2) is 4.79 Å². The highest BCUT2D eigenvalue weighted by atomic mass is 16.2. The number of rotatable bonds is 13. The number of benzene rings is 1. The van der Waals surface area contributed by atoms with Gasteiger partial charge in [-0.2, -0.15) is 0 Å². The minimum atomic E-state index is -1.06. The smallest absolute Gasteiger partial charge is 0.315 e. The van der Waals surface area contributed by atoms with Crippen LogP contribution in [0.15, 0.2) is 49.6 Å². The Balaban J connectivity index is 1.12. The number of hydrogen-bond donors (Lipinski definition) is 4. The largest absolute Gasteiger partial charge is 0.346 e. The van der Waals surface area contributed by atoms with E-state index >= 15 is 0 Å². The average molecular weight is 684 g/mol. The molecule has 1 aromatic rings. The number of allylic oxidation sites excluding steroid dienone is 1. The van der Waals surface area contributed by atoms with Crippen molar-refractivity contribution >= 4 is 29.5 Å². The summed E-state index contributed by atoms with van der Waals surface area (Å²) in [6.07, 6.45) is 11.9. The highest BCUT2D eigenvalue weighted by Crippen LogP contribution is 2.65. The molecule has 50 heavy (non-hydrogen) atoms. The summed E-state index contributed by atoms with van der Waals surface area (Å²) in [4.78, 5) is 70.5. The van der Waals surface area contributed by atoms with Crippen molar-refractivity contribution in [2.45, 2.75) is 102 Å². The van der Waals surface area contributed by atoms with E-state index in [0.717, 1.165) is 19.3 Å². The number of nitrogens with one attached hydrogen (secondary N) is 4. The summed E-state index contributed by atoms with van der Waals surface area (Å²) in [6.45, 7) is 12.1. The second-order valence-electron chi connectivity index (χ2n) is 16.9. The Bertz CT molecular complexity index is 1520. The molecule has 5 amide bonds. The zero-order valence-electron chi connectivity index (χ0n) is 29.5. The van der Waals surface area contributed by atoms with Crippen LogP contribution >= 0.6 is 0 Å². The number of amides is 5. The minimum absolute atomic E-state index is 0.0986. The third-order valence-electron chi connectivity index (χ3n) is 13.2. The zero-order chi connectivity index (χ0) is 35.4. The molecule has 1 saturated heterocycles. The number of carbonyl (C=O) groups excluding carboxylic acids is 5. The predicted molar refractivity (Wildman–Crippen MR) is 190 cm³/mol. The third-order valence-corrected chi connectivity index (χ3v) is 13.2. The van der Waals surface area contributed by atoms with Crippen molar-refractivity contribution in [3.05, 3.63) is 60.7 Å². The minimum Gasteiger partial charge on any atom is -0.346 e. The molecule has 10 nitrogen and oxygen atoms in total. The molecule has 1 aromatic carbocycles. The highest BCUT2D eigenvalue weighted by molar-refractivity contribution is 6.38. The number of Topliss-reactive ketones (excluding diaryl/α,β-unsaturated/α-hetero) is 1. The van der Waals surface area contributed by atoms with Crippen LogP contribution in [0.4, 0.5) is 4.79 Å². The number of piperidine rings is 1. The van der Waals surface area contributed by atoms with Crippen LogP contribution in [0.25, 0.3) is 0 Å². The Labute approximate surface area is 295 Å². The van der Waals surface area contributed by atoms with Gasteiger partial charge in [-0.3, -0.25) is 19.2 Å². The van der Waals surface area contributed by atoms with E-state index in [-0.39, 0.29) is 53.6 Å². The third kappa shape index (κ3) is 6.39. The molecule has 4 N–H and O–H groups in total. The number of urea groups is 1. The fourth-order valence-electron chi connectivity index (χ4n) is 11.1. The number of hydrogen-bond acceptors (Lipinski definition) is 5. The Morgan fingerprint density at radius 1 is 0.920 bits per heavy atom.